The van der Waals surface area contributed by atoms with E-state index in [9.17, 15) is 15.2 Å². The molecule has 1 aliphatic heterocycles. The molecule has 1 atom stereocenters. The molecular weight excluding hydrogens is 468 g/mol. The Morgan fingerprint density at radius 2 is 1.93 bits per heavy atom. The highest BCUT2D eigenvalue weighted by atomic mass is 79.9. The lowest BCUT2D eigenvalue weighted by Crippen LogP contribution is -2.31. The summed E-state index contributed by atoms with van der Waals surface area (Å²) in [6.07, 6.45) is 0.716. The number of aromatic hydroxyl groups is 1. The lowest BCUT2D eigenvalue weighted by atomic mass is 9.89. The molecular formula is C22H19BrN2O4S. The summed E-state index contributed by atoms with van der Waals surface area (Å²) in [5, 5.41) is 21.7. The molecule has 0 amide bonds. The number of benzene rings is 3. The van der Waals surface area contributed by atoms with Gasteiger partial charge >= 0.3 is 0 Å². The molecule has 1 N–H and O–H groups in total. The molecule has 1 heterocycles. The first-order valence-corrected chi connectivity index (χ1v) is 10.9. The van der Waals surface area contributed by atoms with Crippen LogP contribution in [-0.2, 0) is 6.42 Å². The molecule has 30 heavy (non-hydrogen) atoms. The van der Waals surface area contributed by atoms with Gasteiger partial charge in [-0.3, -0.25) is 10.1 Å². The molecule has 0 radical (unpaired) electrons. The van der Waals surface area contributed by atoms with Crippen molar-refractivity contribution in [1.29, 1.82) is 0 Å². The monoisotopic (exact) mass is 486 g/mol. The summed E-state index contributed by atoms with van der Waals surface area (Å²) >= 11 is 4.87. The van der Waals surface area contributed by atoms with Crippen LogP contribution in [0.15, 0.2) is 70.0 Å². The van der Waals surface area contributed by atoms with Crippen LogP contribution in [0.25, 0.3) is 0 Å². The number of para-hydroxylation sites is 1. The molecule has 4 rings (SSSR count). The van der Waals surface area contributed by atoms with Crippen LogP contribution in [0.5, 0.6) is 11.5 Å². The molecule has 1 unspecified atom stereocenters. The SMILES string of the molecule is COc1cc2c(cc1O)CCN(Sc1ccccc1[N+](=O)[O-])C2c1ccc(Br)cc1. The average Bonchev–Trinajstić information content (AvgIpc) is 2.74. The normalized spacial score (nSPS) is 16.1. The second-order valence-corrected chi connectivity index (χ2v) is 8.89. The maximum atomic E-state index is 11.5. The second-order valence-electron chi connectivity index (χ2n) is 6.88. The van der Waals surface area contributed by atoms with Crippen molar-refractivity contribution in [1.82, 2.24) is 4.31 Å². The van der Waals surface area contributed by atoms with E-state index in [0.717, 1.165) is 21.2 Å². The largest absolute Gasteiger partial charge is 0.504 e. The maximum Gasteiger partial charge on any atom is 0.284 e. The van der Waals surface area contributed by atoms with Crippen molar-refractivity contribution in [2.24, 2.45) is 0 Å². The van der Waals surface area contributed by atoms with Gasteiger partial charge in [0.1, 0.15) is 4.90 Å². The van der Waals surface area contributed by atoms with Gasteiger partial charge in [0, 0.05) is 17.1 Å². The van der Waals surface area contributed by atoms with E-state index in [1.807, 2.05) is 36.4 Å². The zero-order chi connectivity index (χ0) is 21.3. The van der Waals surface area contributed by atoms with Gasteiger partial charge in [-0.05, 0) is 65.4 Å². The predicted molar refractivity (Wildman–Crippen MR) is 120 cm³/mol. The van der Waals surface area contributed by atoms with Gasteiger partial charge in [0.05, 0.1) is 18.1 Å². The Morgan fingerprint density at radius 1 is 1.20 bits per heavy atom. The van der Waals surface area contributed by atoms with Crippen molar-refractivity contribution in [2.75, 3.05) is 13.7 Å². The number of hydrogen-bond donors (Lipinski definition) is 1. The van der Waals surface area contributed by atoms with E-state index in [-0.39, 0.29) is 22.4 Å². The first-order chi connectivity index (χ1) is 14.5. The van der Waals surface area contributed by atoms with E-state index in [1.54, 1.807) is 18.2 Å². The molecule has 154 valence electrons. The smallest absolute Gasteiger partial charge is 0.284 e. The Morgan fingerprint density at radius 3 is 2.63 bits per heavy atom. The molecule has 6 nitrogen and oxygen atoms in total. The van der Waals surface area contributed by atoms with Crippen LogP contribution in [0.2, 0.25) is 0 Å². The van der Waals surface area contributed by atoms with Crippen molar-refractivity contribution in [2.45, 2.75) is 17.4 Å². The molecule has 0 aliphatic carbocycles. The fourth-order valence-corrected chi connectivity index (χ4v) is 5.09. The maximum absolute atomic E-state index is 11.5. The van der Waals surface area contributed by atoms with E-state index in [2.05, 4.69) is 20.2 Å². The Bertz CT molecular complexity index is 1090. The third kappa shape index (κ3) is 4.03. The number of nitro benzene ring substituents is 1. The van der Waals surface area contributed by atoms with E-state index in [4.69, 9.17) is 4.74 Å². The fourth-order valence-electron chi connectivity index (χ4n) is 3.68. The van der Waals surface area contributed by atoms with Crippen LogP contribution in [0.3, 0.4) is 0 Å². The van der Waals surface area contributed by atoms with Gasteiger partial charge in [-0.1, -0.05) is 40.2 Å². The summed E-state index contributed by atoms with van der Waals surface area (Å²) < 4.78 is 8.48. The topological polar surface area (TPSA) is 75.8 Å². The van der Waals surface area contributed by atoms with Crippen molar-refractivity contribution in [3.8, 4) is 11.5 Å². The highest BCUT2D eigenvalue weighted by molar-refractivity contribution is 9.10. The summed E-state index contributed by atoms with van der Waals surface area (Å²) in [4.78, 5) is 11.7. The zero-order valence-corrected chi connectivity index (χ0v) is 18.5. The van der Waals surface area contributed by atoms with E-state index in [1.165, 1.54) is 25.1 Å². The molecule has 0 spiro atoms. The summed E-state index contributed by atoms with van der Waals surface area (Å²) in [6.45, 7) is 0.677. The molecule has 0 fully saturated rings. The second kappa shape index (κ2) is 8.67. The molecule has 3 aromatic carbocycles. The van der Waals surface area contributed by atoms with Crippen molar-refractivity contribution in [3.63, 3.8) is 0 Å². The Hall–Kier alpha value is -2.55. The van der Waals surface area contributed by atoms with Crippen LogP contribution in [0.4, 0.5) is 5.69 Å². The first-order valence-electron chi connectivity index (χ1n) is 9.31. The first kappa shape index (κ1) is 20.7. The predicted octanol–water partition coefficient (Wildman–Crippen LogP) is 5.73. The lowest BCUT2D eigenvalue weighted by molar-refractivity contribution is -0.387. The Kier molecular flexibility index (Phi) is 5.99. The van der Waals surface area contributed by atoms with Gasteiger partial charge in [-0.15, -0.1) is 0 Å². The standard InChI is InChI=1S/C22H19BrN2O4S/c1-29-20-13-17-15(12-19(20)26)10-11-24(22(17)14-6-8-16(23)9-7-14)30-21-5-3-2-4-18(21)25(27)28/h2-9,12-13,22,26H,10-11H2,1H3. The summed E-state index contributed by atoms with van der Waals surface area (Å²) in [5.41, 5.74) is 3.20. The third-order valence-electron chi connectivity index (χ3n) is 5.09. The van der Waals surface area contributed by atoms with Gasteiger partial charge in [-0.25, -0.2) is 4.31 Å². The number of hydrogen-bond acceptors (Lipinski definition) is 6. The zero-order valence-electron chi connectivity index (χ0n) is 16.1. The number of nitro groups is 1. The highest BCUT2D eigenvalue weighted by Crippen LogP contribution is 2.45. The minimum atomic E-state index is -0.351. The Balaban J connectivity index is 1.80. The van der Waals surface area contributed by atoms with Crippen LogP contribution < -0.4 is 4.74 Å². The van der Waals surface area contributed by atoms with E-state index >= 15 is 0 Å². The summed E-state index contributed by atoms with van der Waals surface area (Å²) in [5.74, 6) is 0.527. The number of phenolic OH excluding ortho intramolecular Hbond substituents is 1. The summed E-state index contributed by atoms with van der Waals surface area (Å²) in [6, 6.07) is 18.3. The number of rotatable bonds is 5. The quantitative estimate of drug-likeness (QED) is 0.282. The number of nitrogens with zero attached hydrogens (tertiary/aromatic N) is 2. The van der Waals surface area contributed by atoms with Crippen LogP contribution in [0, 0.1) is 10.1 Å². The van der Waals surface area contributed by atoms with E-state index < -0.39 is 0 Å². The summed E-state index contributed by atoms with van der Waals surface area (Å²) in [7, 11) is 1.53. The van der Waals surface area contributed by atoms with Crippen molar-refractivity contribution >= 4 is 33.6 Å². The van der Waals surface area contributed by atoms with Crippen LogP contribution >= 0.6 is 27.9 Å². The van der Waals surface area contributed by atoms with Crippen LogP contribution in [-0.4, -0.2) is 28.0 Å². The van der Waals surface area contributed by atoms with Crippen molar-refractivity contribution in [3.05, 3.63) is 91.9 Å². The minimum absolute atomic E-state index is 0.0890. The molecule has 0 bridgehead atoms. The minimum Gasteiger partial charge on any atom is -0.504 e. The molecule has 0 saturated carbocycles. The molecule has 0 saturated heterocycles. The number of methoxy groups -OCH3 is 1. The molecule has 0 aromatic heterocycles. The van der Waals surface area contributed by atoms with Gasteiger partial charge in [0.25, 0.3) is 5.69 Å². The highest BCUT2D eigenvalue weighted by Gasteiger charge is 2.32. The van der Waals surface area contributed by atoms with E-state index in [0.29, 0.717) is 23.6 Å². The number of phenols is 1. The third-order valence-corrected chi connectivity index (χ3v) is 6.79. The Labute approximate surface area is 186 Å². The van der Waals surface area contributed by atoms with Crippen molar-refractivity contribution < 1.29 is 14.8 Å². The number of ether oxygens (including phenoxy) is 1. The number of fused-ring (bicyclic) bond motifs is 1. The molecule has 3 aromatic rings. The molecule has 1 aliphatic rings. The van der Waals surface area contributed by atoms with Gasteiger partial charge < -0.3 is 9.84 Å². The van der Waals surface area contributed by atoms with Gasteiger partial charge in [0.2, 0.25) is 0 Å². The number of halogens is 1. The van der Waals surface area contributed by atoms with Gasteiger partial charge in [-0.2, -0.15) is 0 Å². The fraction of sp³-hybridized carbons (Fsp3) is 0.182. The average molecular weight is 487 g/mol. The lowest BCUT2D eigenvalue weighted by Gasteiger charge is -2.37. The molecule has 8 heteroatoms. The van der Waals surface area contributed by atoms with Crippen LogP contribution in [0.1, 0.15) is 22.7 Å². The van der Waals surface area contributed by atoms with Gasteiger partial charge in [0.15, 0.2) is 11.5 Å².